The average Bonchev–Trinajstić information content (AvgIpc) is 2.68. The Morgan fingerprint density at radius 1 is 0.963 bits per heavy atom. The first kappa shape index (κ1) is 18.6. The van der Waals surface area contributed by atoms with Gasteiger partial charge in [0.05, 0.1) is 5.56 Å². The molecule has 0 atom stereocenters. The highest BCUT2D eigenvalue weighted by molar-refractivity contribution is 5.94. The minimum absolute atomic E-state index is 0.130. The molecule has 2 aromatic rings. The zero-order chi connectivity index (χ0) is 19.4. The molecular weight excluding hydrogens is 359 g/mol. The Hall–Kier alpha value is -3.19. The summed E-state index contributed by atoms with van der Waals surface area (Å²) in [4.78, 5) is 18.9. The van der Waals surface area contributed by atoms with Crippen LogP contribution >= 0.6 is 0 Å². The van der Waals surface area contributed by atoms with Gasteiger partial charge in [-0.3, -0.25) is 4.79 Å². The highest BCUT2D eigenvalue weighted by Crippen LogP contribution is 2.30. The van der Waals surface area contributed by atoms with Gasteiger partial charge < -0.3 is 9.80 Å². The molecule has 2 aromatic carbocycles. The zero-order valence-corrected chi connectivity index (χ0v) is 14.2. The number of amides is 1. The van der Waals surface area contributed by atoms with Crippen LogP contribution in [0.5, 0.6) is 0 Å². The molecule has 0 N–H and O–H groups in total. The number of piperazine rings is 1. The third-order valence-corrected chi connectivity index (χ3v) is 4.40. The van der Waals surface area contributed by atoms with Crippen molar-refractivity contribution in [2.45, 2.75) is 6.18 Å². The number of azide groups is 1. The number of halogens is 3. The topological polar surface area (TPSA) is 72.3 Å². The number of rotatable bonds is 3. The number of nitrogens with zero attached hydrogens (tertiary/aromatic N) is 5. The number of anilines is 1. The van der Waals surface area contributed by atoms with Gasteiger partial charge in [0.25, 0.3) is 5.91 Å². The van der Waals surface area contributed by atoms with E-state index < -0.39 is 11.7 Å². The molecule has 0 aliphatic carbocycles. The summed E-state index contributed by atoms with van der Waals surface area (Å²) in [6.07, 6.45) is -4.35. The van der Waals surface area contributed by atoms with Crippen molar-refractivity contribution in [2.75, 3.05) is 31.1 Å². The predicted molar refractivity (Wildman–Crippen MR) is 94.8 cm³/mol. The second-order valence-electron chi connectivity index (χ2n) is 6.06. The van der Waals surface area contributed by atoms with Crippen LogP contribution in [0.2, 0.25) is 0 Å². The smallest absolute Gasteiger partial charge is 0.368 e. The van der Waals surface area contributed by atoms with Gasteiger partial charge in [0.15, 0.2) is 0 Å². The second-order valence-corrected chi connectivity index (χ2v) is 6.06. The Bertz CT molecular complexity index is 850. The Balaban J connectivity index is 1.61. The van der Waals surface area contributed by atoms with Crippen LogP contribution in [0.4, 0.5) is 24.5 Å². The molecule has 6 nitrogen and oxygen atoms in total. The second kappa shape index (κ2) is 7.59. The lowest BCUT2D eigenvalue weighted by atomic mass is 10.1. The molecule has 27 heavy (non-hydrogen) atoms. The molecular formula is C18H16F3N5O. The van der Waals surface area contributed by atoms with Gasteiger partial charge in [0.1, 0.15) is 0 Å². The average molecular weight is 375 g/mol. The van der Waals surface area contributed by atoms with Crippen LogP contribution in [0.25, 0.3) is 10.4 Å². The van der Waals surface area contributed by atoms with Crippen LogP contribution in [0.15, 0.2) is 53.6 Å². The van der Waals surface area contributed by atoms with Crippen LogP contribution < -0.4 is 4.90 Å². The van der Waals surface area contributed by atoms with E-state index in [-0.39, 0.29) is 5.91 Å². The molecule has 0 radical (unpaired) electrons. The van der Waals surface area contributed by atoms with Crippen molar-refractivity contribution in [2.24, 2.45) is 5.11 Å². The van der Waals surface area contributed by atoms with E-state index in [1.165, 1.54) is 12.1 Å². The van der Waals surface area contributed by atoms with Gasteiger partial charge in [-0.05, 0) is 41.9 Å². The van der Waals surface area contributed by atoms with Gasteiger partial charge >= 0.3 is 6.18 Å². The number of carbonyl (C=O) groups excluding carboxylic acids is 1. The van der Waals surface area contributed by atoms with E-state index in [1.54, 1.807) is 29.2 Å². The summed E-state index contributed by atoms with van der Waals surface area (Å²) >= 11 is 0. The number of carbonyl (C=O) groups is 1. The van der Waals surface area contributed by atoms with Gasteiger partial charge in [-0.25, -0.2) is 0 Å². The molecule has 0 aromatic heterocycles. The summed E-state index contributed by atoms with van der Waals surface area (Å²) in [5, 5.41) is 3.46. The molecule has 0 saturated carbocycles. The van der Waals surface area contributed by atoms with Crippen molar-refractivity contribution < 1.29 is 18.0 Å². The van der Waals surface area contributed by atoms with E-state index in [4.69, 9.17) is 5.53 Å². The molecule has 1 aliphatic heterocycles. The lowest BCUT2D eigenvalue weighted by molar-refractivity contribution is -0.137. The van der Waals surface area contributed by atoms with Crippen LogP contribution in [0, 0.1) is 0 Å². The van der Waals surface area contributed by atoms with Crippen molar-refractivity contribution in [3.63, 3.8) is 0 Å². The quantitative estimate of drug-likeness (QED) is 0.446. The molecule has 1 heterocycles. The molecule has 1 aliphatic rings. The summed E-state index contributed by atoms with van der Waals surface area (Å²) in [5.41, 5.74) is 9.35. The maximum atomic E-state index is 12.6. The van der Waals surface area contributed by atoms with E-state index in [9.17, 15) is 18.0 Å². The SMILES string of the molecule is [N-]=[N+]=Nc1ccc(C(=O)N2CCN(c3ccc(C(F)(F)F)cc3)CC2)cc1. The molecule has 1 saturated heterocycles. The van der Waals surface area contributed by atoms with E-state index >= 15 is 0 Å². The maximum absolute atomic E-state index is 12.6. The van der Waals surface area contributed by atoms with E-state index in [0.29, 0.717) is 43.1 Å². The highest BCUT2D eigenvalue weighted by Gasteiger charge is 2.30. The molecule has 9 heteroatoms. The maximum Gasteiger partial charge on any atom is 0.416 e. The lowest BCUT2D eigenvalue weighted by Crippen LogP contribution is -2.48. The Morgan fingerprint density at radius 3 is 2.07 bits per heavy atom. The summed E-state index contributed by atoms with van der Waals surface area (Å²) in [6, 6.07) is 11.4. The number of hydrogen-bond acceptors (Lipinski definition) is 3. The van der Waals surface area contributed by atoms with E-state index in [2.05, 4.69) is 10.0 Å². The van der Waals surface area contributed by atoms with Crippen LogP contribution in [-0.4, -0.2) is 37.0 Å². The fraction of sp³-hybridized carbons (Fsp3) is 0.278. The van der Waals surface area contributed by atoms with Gasteiger partial charge in [0.2, 0.25) is 0 Å². The molecule has 0 unspecified atom stereocenters. The third-order valence-electron chi connectivity index (χ3n) is 4.40. The number of hydrogen-bond donors (Lipinski definition) is 0. The molecule has 1 fully saturated rings. The monoisotopic (exact) mass is 375 g/mol. The van der Waals surface area contributed by atoms with E-state index in [1.807, 2.05) is 4.90 Å². The Kier molecular flexibility index (Phi) is 5.23. The fourth-order valence-corrected chi connectivity index (χ4v) is 2.93. The minimum atomic E-state index is -4.35. The zero-order valence-electron chi connectivity index (χ0n) is 14.2. The lowest BCUT2D eigenvalue weighted by Gasteiger charge is -2.36. The number of benzene rings is 2. The van der Waals surface area contributed by atoms with E-state index in [0.717, 1.165) is 12.1 Å². The Morgan fingerprint density at radius 2 is 1.56 bits per heavy atom. The van der Waals surface area contributed by atoms with Gasteiger partial charge in [-0.15, -0.1) is 0 Å². The Labute approximate surface area is 153 Å². The van der Waals surface area contributed by atoms with Gasteiger partial charge in [-0.2, -0.15) is 13.2 Å². The van der Waals surface area contributed by atoms with Gasteiger partial charge in [0, 0.05) is 48.0 Å². The minimum Gasteiger partial charge on any atom is -0.368 e. The largest absolute Gasteiger partial charge is 0.416 e. The van der Waals surface area contributed by atoms with Crippen molar-refractivity contribution in [1.29, 1.82) is 0 Å². The first-order chi connectivity index (χ1) is 12.9. The molecule has 0 bridgehead atoms. The van der Waals surface area contributed by atoms with Gasteiger partial charge in [-0.1, -0.05) is 17.2 Å². The fourth-order valence-electron chi connectivity index (χ4n) is 2.93. The number of alkyl halides is 3. The third kappa shape index (κ3) is 4.32. The molecule has 3 rings (SSSR count). The summed E-state index contributed by atoms with van der Waals surface area (Å²) in [5.74, 6) is -0.130. The van der Waals surface area contributed by atoms with Crippen molar-refractivity contribution in [3.8, 4) is 0 Å². The van der Waals surface area contributed by atoms with Crippen molar-refractivity contribution in [1.82, 2.24) is 4.90 Å². The summed E-state index contributed by atoms with van der Waals surface area (Å²) in [6.45, 7) is 2.01. The van der Waals surface area contributed by atoms with Crippen LogP contribution in [0.1, 0.15) is 15.9 Å². The predicted octanol–water partition coefficient (Wildman–Crippen LogP) is 4.61. The first-order valence-electron chi connectivity index (χ1n) is 8.25. The summed E-state index contributed by atoms with van der Waals surface area (Å²) in [7, 11) is 0. The van der Waals surface area contributed by atoms with Crippen LogP contribution in [0.3, 0.4) is 0 Å². The van der Waals surface area contributed by atoms with Crippen LogP contribution in [-0.2, 0) is 6.18 Å². The normalized spacial score (nSPS) is 14.6. The molecule has 0 spiro atoms. The molecule has 140 valence electrons. The highest BCUT2D eigenvalue weighted by atomic mass is 19.4. The standard InChI is InChI=1S/C18H16F3N5O/c19-18(20,21)14-3-7-16(8-4-14)25-9-11-26(12-10-25)17(27)13-1-5-15(6-2-13)23-24-22/h1-8H,9-12H2. The van der Waals surface area contributed by atoms with Crippen molar-refractivity contribution in [3.05, 3.63) is 70.1 Å². The first-order valence-corrected chi connectivity index (χ1v) is 8.25. The van der Waals surface area contributed by atoms with Crippen molar-refractivity contribution >= 4 is 17.3 Å². The molecule has 1 amide bonds. The summed E-state index contributed by atoms with van der Waals surface area (Å²) < 4.78 is 37.9.